The number of rotatable bonds is 4. The zero-order valence-corrected chi connectivity index (χ0v) is 11.3. The highest BCUT2D eigenvalue weighted by Gasteiger charge is 2.40. The lowest BCUT2D eigenvalue weighted by Gasteiger charge is -2.42. The van der Waals surface area contributed by atoms with Crippen LogP contribution in [0.15, 0.2) is 24.4 Å². The van der Waals surface area contributed by atoms with E-state index in [1.807, 2.05) is 13.0 Å². The smallest absolute Gasteiger partial charge is 0.251 e. The van der Waals surface area contributed by atoms with Gasteiger partial charge in [0.1, 0.15) is 0 Å². The molecule has 4 N–H and O–H groups in total. The minimum absolute atomic E-state index is 0.0230. The quantitative estimate of drug-likeness (QED) is 0.768. The first-order valence-electron chi connectivity index (χ1n) is 6.80. The number of H-pyrrole nitrogens is 1. The molecule has 2 aromatic rings. The fourth-order valence-electron chi connectivity index (χ4n) is 2.54. The van der Waals surface area contributed by atoms with Crippen molar-refractivity contribution < 1.29 is 9.53 Å². The Labute approximate surface area is 116 Å². The highest BCUT2D eigenvalue weighted by molar-refractivity contribution is 5.98. The standard InChI is InChI=1S/C14H18N4O2/c1-2-20-12-6-10(15)13(12)17-14(19)8-3-4-9-7-16-18-11(9)5-8/h3-5,7,10,12-13H,2,6,15H2,1H3,(H,16,18)(H,17,19). The van der Waals surface area contributed by atoms with E-state index in [4.69, 9.17) is 10.5 Å². The molecular weight excluding hydrogens is 256 g/mol. The monoisotopic (exact) mass is 274 g/mol. The van der Waals surface area contributed by atoms with Crippen molar-refractivity contribution in [2.45, 2.75) is 31.5 Å². The van der Waals surface area contributed by atoms with E-state index in [0.29, 0.717) is 12.2 Å². The molecule has 3 rings (SSSR count). The summed E-state index contributed by atoms with van der Waals surface area (Å²) >= 11 is 0. The third-order valence-electron chi connectivity index (χ3n) is 3.75. The molecule has 0 radical (unpaired) electrons. The van der Waals surface area contributed by atoms with Crippen LogP contribution >= 0.6 is 0 Å². The number of hydrogen-bond acceptors (Lipinski definition) is 4. The summed E-state index contributed by atoms with van der Waals surface area (Å²) in [6.07, 6.45) is 2.54. The number of carbonyl (C=O) groups excluding carboxylic acids is 1. The number of fused-ring (bicyclic) bond motifs is 1. The van der Waals surface area contributed by atoms with Crippen LogP contribution in [0.25, 0.3) is 10.9 Å². The molecule has 0 aliphatic heterocycles. The first-order chi connectivity index (χ1) is 9.69. The summed E-state index contributed by atoms with van der Waals surface area (Å²) in [5.41, 5.74) is 7.37. The van der Waals surface area contributed by atoms with Gasteiger partial charge in [-0.3, -0.25) is 9.89 Å². The lowest BCUT2D eigenvalue weighted by molar-refractivity contribution is -0.0300. The van der Waals surface area contributed by atoms with Gasteiger partial charge in [-0.05, 0) is 25.5 Å². The second-order valence-corrected chi connectivity index (χ2v) is 5.06. The first-order valence-corrected chi connectivity index (χ1v) is 6.80. The van der Waals surface area contributed by atoms with Gasteiger partial charge in [-0.25, -0.2) is 0 Å². The van der Waals surface area contributed by atoms with E-state index in [9.17, 15) is 4.79 Å². The summed E-state index contributed by atoms with van der Waals surface area (Å²) in [4.78, 5) is 12.3. The van der Waals surface area contributed by atoms with E-state index >= 15 is 0 Å². The van der Waals surface area contributed by atoms with Crippen molar-refractivity contribution in [2.24, 2.45) is 5.73 Å². The Bertz CT molecular complexity index is 622. The number of amides is 1. The maximum absolute atomic E-state index is 12.3. The van der Waals surface area contributed by atoms with Crippen molar-refractivity contribution in [1.82, 2.24) is 15.5 Å². The number of hydrogen-bond donors (Lipinski definition) is 3. The Kier molecular flexibility index (Phi) is 3.42. The molecule has 1 saturated carbocycles. The Balaban J connectivity index is 1.72. The Morgan fingerprint density at radius 3 is 3.20 bits per heavy atom. The zero-order valence-electron chi connectivity index (χ0n) is 11.3. The molecule has 1 aliphatic carbocycles. The molecule has 20 heavy (non-hydrogen) atoms. The molecular formula is C14H18N4O2. The summed E-state index contributed by atoms with van der Waals surface area (Å²) in [6, 6.07) is 5.30. The molecule has 1 heterocycles. The summed E-state index contributed by atoms with van der Waals surface area (Å²) in [5, 5.41) is 10.7. The fraction of sp³-hybridized carbons (Fsp3) is 0.429. The van der Waals surface area contributed by atoms with E-state index in [0.717, 1.165) is 17.3 Å². The van der Waals surface area contributed by atoms with Crippen molar-refractivity contribution in [1.29, 1.82) is 0 Å². The van der Waals surface area contributed by atoms with Gasteiger partial charge in [0.15, 0.2) is 0 Å². The van der Waals surface area contributed by atoms with Crippen LogP contribution in [0.1, 0.15) is 23.7 Å². The highest BCUT2D eigenvalue weighted by atomic mass is 16.5. The highest BCUT2D eigenvalue weighted by Crippen LogP contribution is 2.23. The third kappa shape index (κ3) is 2.28. The summed E-state index contributed by atoms with van der Waals surface area (Å²) in [7, 11) is 0. The lowest BCUT2D eigenvalue weighted by atomic mass is 9.83. The van der Waals surface area contributed by atoms with Crippen LogP contribution in [-0.2, 0) is 4.74 Å². The third-order valence-corrected chi connectivity index (χ3v) is 3.75. The van der Waals surface area contributed by atoms with Crippen LogP contribution in [0.3, 0.4) is 0 Å². The van der Waals surface area contributed by atoms with Crippen LogP contribution in [0, 0.1) is 0 Å². The van der Waals surface area contributed by atoms with Gasteiger partial charge in [-0.15, -0.1) is 0 Å². The predicted molar refractivity (Wildman–Crippen MR) is 75.4 cm³/mol. The van der Waals surface area contributed by atoms with Gasteiger partial charge in [0.25, 0.3) is 5.91 Å². The predicted octanol–water partition coefficient (Wildman–Crippen LogP) is 0.797. The van der Waals surface area contributed by atoms with E-state index in [1.165, 1.54) is 0 Å². The van der Waals surface area contributed by atoms with E-state index < -0.39 is 0 Å². The average Bonchev–Trinajstić information content (AvgIpc) is 2.91. The molecule has 0 bridgehead atoms. The number of nitrogens with two attached hydrogens (primary N) is 1. The first kappa shape index (κ1) is 13.1. The molecule has 3 unspecified atom stereocenters. The van der Waals surface area contributed by atoms with E-state index in [2.05, 4.69) is 15.5 Å². The van der Waals surface area contributed by atoms with E-state index in [1.54, 1.807) is 18.3 Å². The molecule has 0 spiro atoms. The molecule has 1 fully saturated rings. The molecule has 1 aliphatic rings. The average molecular weight is 274 g/mol. The maximum Gasteiger partial charge on any atom is 0.251 e. The van der Waals surface area contributed by atoms with Gasteiger partial charge in [-0.2, -0.15) is 5.10 Å². The Hall–Kier alpha value is -1.92. The molecule has 6 nitrogen and oxygen atoms in total. The molecule has 1 amide bonds. The van der Waals surface area contributed by atoms with Crippen LogP contribution in [0.5, 0.6) is 0 Å². The number of carbonyl (C=O) groups is 1. The number of nitrogens with zero attached hydrogens (tertiary/aromatic N) is 1. The molecule has 106 valence electrons. The van der Waals surface area contributed by atoms with Crippen LogP contribution < -0.4 is 11.1 Å². The SMILES string of the molecule is CCOC1CC(N)C1NC(=O)c1ccc2cn[nH]c2c1. The van der Waals surface area contributed by atoms with Gasteiger partial charge in [0, 0.05) is 23.6 Å². The van der Waals surface area contributed by atoms with E-state index in [-0.39, 0.29) is 24.1 Å². The number of benzene rings is 1. The van der Waals surface area contributed by atoms with Gasteiger partial charge >= 0.3 is 0 Å². The van der Waals surface area contributed by atoms with Crippen molar-refractivity contribution in [3.8, 4) is 0 Å². The van der Waals surface area contributed by atoms with Crippen molar-refractivity contribution in [2.75, 3.05) is 6.61 Å². The van der Waals surface area contributed by atoms with Gasteiger partial charge in [0.2, 0.25) is 0 Å². The molecule has 1 aromatic carbocycles. The maximum atomic E-state index is 12.3. The largest absolute Gasteiger partial charge is 0.376 e. The fourth-order valence-corrected chi connectivity index (χ4v) is 2.54. The second kappa shape index (κ2) is 5.22. The number of ether oxygens (including phenoxy) is 1. The van der Waals surface area contributed by atoms with Gasteiger partial charge < -0.3 is 15.8 Å². The molecule has 6 heteroatoms. The Morgan fingerprint density at radius 1 is 1.60 bits per heavy atom. The lowest BCUT2D eigenvalue weighted by Crippen LogP contribution is -2.64. The minimum atomic E-state index is -0.133. The van der Waals surface area contributed by atoms with Gasteiger partial charge in [-0.1, -0.05) is 6.07 Å². The normalized spacial score (nSPS) is 25.4. The van der Waals surface area contributed by atoms with Crippen LogP contribution in [-0.4, -0.2) is 40.9 Å². The van der Waals surface area contributed by atoms with Crippen molar-refractivity contribution in [3.05, 3.63) is 30.0 Å². The van der Waals surface area contributed by atoms with Gasteiger partial charge in [0.05, 0.1) is 23.9 Å². The summed E-state index contributed by atoms with van der Waals surface area (Å²) in [5.74, 6) is -0.133. The number of aromatic nitrogens is 2. The number of aromatic amines is 1. The molecule has 1 aromatic heterocycles. The Morgan fingerprint density at radius 2 is 2.45 bits per heavy atom. The van der Waals surface area contributed by atoms with Crippen molar-refractivity contribution in [3.63, 3.8) is 0 Å². The summed E-state index contributed by atoms with van der Waals surface area (Å²) < 4.78 is 5.54. The van der Waals surface area contributed by atoms with Crippen molar-refractivity contribution >= 4 is 16.8 Å². The van der Waals surface area contributed by atoms with Crippen LogP contribution in [0.2, 0.25) is 0 Å². The minimum Gasteiger partial charge on any atom is -0.376 e. The topological polar surface area (TPSA) is 93.0 Å². The molecule has 3 atom stereocenters. The number of nitrogens with one attached hydrogen (secondary N) is 2. The molecule has 0 saturated heterocycles. The zero-order chi connectivity index (χ0) is 14.1. The summed E-state index contributed by atoms with van der Waals surface area (Å²) in [6.45, 7) is 2.57. The second-order valence-electron chi connectivity index (χ2n) is 5.06. The van der Waals surface area contributed by atoms with Crippen LogP contribution in [0.4, 0.5) is 0 Å².